The predicted octanol–water partition coefficient (Wildman–Crippen LogP) is 0.160. The Labute approximate surface area is 96.8 Å². The van der Waals surface area contributed by atoms with Crippen molar-refractivity contribution in [3.8, 4) is 0 Å². The number of ether oxygens (including phenoxy) is 1. The van der Waals surface area contributed by atoms with Gasteiger partial charge in [0.25, 0.3) is 0 Å². The molecule has 94 valence electrons. The number of carboxylic acids is 1. The minimum atomic E-state index is -0.716. The van der Waals surface area contributed by atoms with E-state index in [9.17, 15) is 9.90 Å². The zero-order chi connectivity index (χ0) is 12.0. The Morgan fingerprint density at radius 2 is 2.44 bits per heavy atom. The molecule has 1 aliphatic rings. The Hall–Kier alpha value is -0.650. The van der Waals surface area contributed by atoms with Crippen molar-refractivity contribution in [2.75, 3.05) is 33.3 Å². The van der Waals surface area contributed by atoms with E-state index >= 15 is 0 Å². The monoisotopic (exact) mass is 230 g/mol. The Morgan fingerprint density at radius 1 is 1.69 bits per heavy atom. The van der Waals surface area contributed by atoms with E-state index in [1.807, 2.05) is 18.9 Å². The molecule has 0 amide bonds. The largest absolute Gasteiger partial charge is 0.480 e. The van der Waals surface area contributed by atoms with Gasteiger partial charge in [-0.1, -0.05) is 13.3 Å². The minimum absolute atomic E-state index is 0.109. The summed E-state index contributed by atoms with van der Waals surface area (Å²) in [6.07, 6.45) is 1.71. The molecular formula is C11H22N2O3. The molecule has 16 heavy (non-hydrogen) atoms. The lowest BCUT2D eigenvalue weighted by atomic mass is 10.1. The Bertz CT molecular complexity index is 221. The van der Waals surface area contributed by atoms with Crippen LogP contribution < -0.4 is 5.32 Å². The highest BCUT2D eigenvalue weighted by molar-refractivity contribution is 5.73. The molecule has 2 N–H and O–H groups in total. The lowest BCUT2D eigenvalue weighted by Crippen LogP contribution is -2.52. The summed E-state index contributed by atoms with van der Waals surface area (Å²) in [6, 6.07) is -0.353. The number of carboxylic acid groups (broad SMARTS) is 1. The summed E-state index contributed by atoms with van der Waals surface area (Å²) in [4.78, 5) is 13.2. The molecule has 1 heterocycles. The maximum Gasteiger partial charge on any atom is 0.320 e. The maximum atomic E-state index is 11.2. The van der Waals surface area contributed by atoms with Gasteiger partial charge in [0.2, 0.25) is 0 Å². The van der Waals surface area contributed by atoms with Crippen molar-refractivity contribution in [2.45, 2.75) is 31.9 Å². The molecule has 5 nitrogen and oxygen atoms in total. The standard InChI is InChI=1S/C11H22N2O3/c1-3-4-10(11(14)15)13-5-6-16-9(8-13)7-12-2/h9-10,12H,3-8H2,1-2H3,(H,14,15). The molecule has 0 spiro atoms. The number of hydrogen-bond acceptors (Lipinski definition) is 4. The highest BCUT2D eigenvalue weighted by atomic mass is 16.5. The summed E-state index contributed by atoms with van der Waals surface area (Å²) in [5.74, 6) is -0.716. The second-order valence-electron chi connectivity index (χ2n) is 4.19. The van der Waals surface area contributed by atoms with Gasteiger partial charge in [0.15, 0.2) is 0 Å². The van der Waals surface area contributed by atoms with E-state index in [0.29, 0.717) is 19.6 Å². The van der Waals surface area contributed by atoms with Gasteiger partial charge in [-0.05, 0) is 13.5 Å². The summed E-state index contributed by atoms with van der Waals surface area (Å²) in [7, 11) is 1.88. The van der Waals surface area contributed by atoms with Crippen LogP contribution >= 0.6 is 0 Å². The first-order chi connectivity index (χ1) is 7.69. The summed E-state index contributed by atoms with van der Waals surface area (Å²) in [5.41, 5.74) is 0. The van der Waals surface area contributed by atoms with E-state index in [0.717, 1.165) is 19.5 Å². The summed E-state index contributed by atoms with van der Waals surface area (Å²) < 4.78 is 5.56. The molecule has 2 atom stereocenters. The van der Waals surface area contributed by atoms with Gasteiger partial charge in [0.1, 0.15) is 6.04 Å². The minimum Gasteiger partial charge on any atom is -0.480 e. The lowest BCUT2D eigenvalue weighted by Gasteiger charge is -2.36. The van der Waals surface area contributed by atoms with Crippen LogP contribution in [0.15, 0.2) is 0 Å². The van der Waals surface area contributed by atoms with Crippen LogP contribution in [0.3, 0.4) is 0 Å². The SMILES string of the molecule is CCCC(C(=O)O)N1CCOC(CNC)C1. The lowest BCUT2D eigenvalue weighted by molar-refractivity contribution is -0.146. The zero-order valence-electron chi connectivity index (χ0n) is 10.1. The van der Waals surface area contributed by atoms with Gasteiger partial charge in [-0.2, -0.15) is 0 Å². The molecule has 0 aliphatic carbocycles. The van der Waals surface area contributed by atoms with E-state index in [4.69, 9.17) is 4.74 Å². The fourth-order valence-electron chi connectivity index (χ4n) is 2.11. The van der Waals surface area contributed by atoms with Crippen LogP contribution in [0.1, 0.15) is 19.8 Å². The Kier molecular flexibility index (Phi) is 5.73. The quantitative estimate of drug-likeness (QED) is 0.680. The van der Waals surface area contributed by atoms with Gasteiger partial charge in [0, 0.05) is 19.6 Å². The molecule has 2 unspecified atom stereocenters. The number of aliphatic carboxylic acids is 1. The summed E-state index contributed by atoms with van der Waals surface area (Å²) >= 11 is 0. The highest BCUT2D eigenvalue weighted by Crippen LogP contribution is 2.13. The van der Waals surface area contributed by atoms with Crippen LogP contribution in [-0.2, 0) is 9.53 Å². The molecule has 1 rings (SSSR count). The normalized spacial score (nSPS) is 24.2. The number of hydrogen-bond donors (Lipinski definition) is 2. The van der Waals surface area contributed by atoms with E-state index in [-0.39, 0.29) is 12.1 Å². The predicted molar refractivity (Wildman–Crippen MR) is 61.6 cm³/mol. The van der Waals surface area contributed by atoms with Crippen LogP contribution in [0.25, 0.3) is 0 Å². The molecule has 1 saturated heterocycles. The van der Waals surface area contributed by atoms with Gasteiger partial charge in [0.05, 0.1) is 12.7 Å². The van der Waals surface area contributed by atoms with Crippen molar-refractivity contribution in [3.63, 3.8) is 0 Å². The van der Waals surface area contributed by atoms with Crippen LogP contribution in [0.4, 0.5) is 0 Å². The molecule has 1 fully saturated rings. The van der Waals surface area contributed by atoms with Crippen molar-refractivity contribution < 1.29 is 14.6 Å². The Balaban J connectivity index is 2.52. The molecule has 0 radical (unpaired) electrons. The van der Waals surface area contributed by atoms with Crippen molar-refractivity contribution in [3.05, 3.63) is 0 Å². The Morgan fingerprint density at radius 3 is 3.00 bits per heavy atom. The second kappa shape index (κ2) is 6.83. The number of morpholine rings is 1. The van der Waals surface area contributed by atoms with E-state index < -0.39 is 5.97 Å². The third-order valence-corrected chi connectivity index (χ3v) is 2.89. The number of carbonyl (C=O) groups is 1. The molecule has 0 aromatic rings. The van der Waals surface area contributed by atoms with Gasteiger partial charge >= 0.3 is 5.97 Å². The summed E-state index contributed by atoms with van der Waals surface area (Å²) in [6.45, 7) is 4.84. The van der Waals surface area contributed by atoms with Gasteiger partial charge in [-0.15, -0.1) is 0 Å². The molecule has 1 aliphatic heterocycles. The van der Waals surface area contributed by atoms with Crippen molar-refractivity contribution in [1.82, 2.24) is 10.2 Å². The molecule has 0 aromatic carbocycles. The fraction of sp³-hybridized carbons (Fsp3) is 0.909. The first kappa shape index (κ1) is 13.4. The van der Waals surface area contributed by atoms with Crippen LogP contribution in [0, 0.1) is 0 Å². The van der Waals surface area contributed by atoms with Crippen LogP contribution in [0.2, 0.25) is 0 Å². The van der Waals surface area contributed by atoms with Crippen LogP contribution in [0.5, 0.6) is 0 Å². The zero-order valence-corrected chi connectivity index (χ0v) is 10.1. The third kappa shape index (κ3) is 3.73. The van der Waals surface area contributed by atoms with Gasteiger partial charge in [-0.3, -0.25) is 9.69 Å². The molecular weight excluding hydrogens is 208 g/mol. The van der Waals surface area contributed by atoms with Gasteiger partial charge < -0.3 is 15.2 Å². The number of nitrogens with one attached hydrogen (secondary N) is 1. The first-order valence-electron chi connectivity index (χ1n) is 5.92. The summed E-state index contributed by atoms with van der Waals surface area (Å²) in [5, 5.41) is 12.2. The third-order valence-electron chi connectivity index (χ3n) is 2.89. The average molecular weight is 230 g/mol. The fourth-order valence-corrected chi connectivity index (χ4v) is 2.11. The van der Waals surface area contributed by atoms with Crippen molar-refractivity contribution in [2.24, 2.45) is 0 Å². The molecule has 0 bridgehead atoms. The molecule has 5 heteroatoms. The van der Waals surface area contributed by atoms with Crippen LogP contribution in [-0.4, -0.2) is 61.4 Å². The highest BCUT2D eigenvalue weighted by Gasteiger charge is 2.29. The van der Waals surface area contributed by atoms with E-state index in [1.165, 1.54) is 0 Å². The molecule has 0 saturated carbocycles. The topological polar surface area (TPSA) is 61.8 Å². The number of rotatable bonds is 6. The maximum absolute atomic E-state index is 11.2. The number of nitrogens with zero attached hydrogens (tertiary/aromatic N) is 1. The van der Waals surface area contributed by atoms with Gasteiger partial charge in [-0.25, -0.2) is 0 Å². The van der Waals surface area contributed by atoms with E-state index in [1.54, 1.807) is 0 Å². The average Bonchev–Trinajstić information content (AvgIpc) is 2.26. The smallest absolute Gasteiger partial charge is 0.320 e. The first-order valence-corrected chi connectivity index (χ1v) is 5.92. The second-order valence-corrected chi connectivity index (χ2v) is 4.19. The van der Waals surface area contributed by atoms with E-state index in [2.05, 4.69) is 5.32 Å². The molecule has 0 aromatic heterocycles. The number of likely N-dealkylation sites (N-methyl/N-ethyl adjacent to an activating group) is 1. The van der Waals surface area contributed by atoms with Crippen molar-refractivity contribution >= 4 is 5.97 Å². The van der Waals surface area contributed by atoms with Crippen molar-refractivity contribution in [1.29, 1.82) is 0 Å².